The Morgan fingerprint density at radius 1 is 1.48 bits per heavy atom. The van der Waals surface area contributed by atoms with Gasteiger partial charge in [-0.05, 0) is 27.8 Å². The van der Waals surface area contributed by atoms with Gasteiger partial charge in [-0.2, -0.15) is 8.78 Å². The van der Waals surface area contributed by atoms with E-state index in [1.807, 2.05) is 13.8 Å². The normalized spacial score (nSPS) is 12.9. The van der Waals surface area contributed by atoms with E-state index in [1.54, 1.807) is 18.9 Å². The zero-order valence-corrected chi connectivity index (χ0v) is 14.2. The Bertz CT molecular complexity index is 665. The molecule has 0 bridgehead atoms. The van der Waals surface area contributed by atoms with Crippen LogP contribution in [-0.2, 0) is 11.3 Å². The summed E-state index contributed by atoms with van der Waals surface area (Å²) in [6.45, 7) is 3.01. The molecule has 2 aromatic rings. The summed E-state index contributed by atoms with van der Waals surface area (Å²) in [7, 11) is 1.69. The smallest absolute Gasteiger partial charge is 0.301 e. The Morgan fingerprint density at radius 3 is 2.74 bits per heavy atom. The van der Waals surface area contributed by atoms with Gasteiger partial charge in [0, 0.05) is 17.3 Å². The van der Waals surface area contributed by atoms with Crippen molar-refractivity contribution in [1.29, 1.82) is 0 Å². The number of nitrogens with zero attached hydrogens (tertiary/aromatic N) is 4. The fourth-order valence-electron chi connectivity index (χ4n) is 1.94. The first-order valence-corrected chi connectivity index (χ1v) is 7.86. The molecule has 0 aliphatic rings. The Kier molecular flexibility index (Phi) is 5.42. The van der Waals surface area contributed by atoms with Crippen LogP contribution >= 0.6 is 11.3 Å². The molecule has 0 radical (unpaired) electrons. The van der Waals surface area contributed by atoms with Gasteiger partial charge in [-0.25, -0.2) is 9.97 Å². The van der Waals surface area contributed by atoms with Crippen molar-refractivity contribution in [3.05, 3.63) is 28.8 Å². The predicted molar refractivity (Wildman–Crippen MR) is 84.6 cm³/mol. The van der Waals surface area contributed by atoms with Crippen LogP contribution < -0.4 is 5.32 Å². The van der Waals surface area contributed by atoms with Gasteiger partial charge in [0.05, 0.1) is 18.3 Å². The number of alkyl halides is 2. The van der Waals surface area contributed by atoms with E-state index >= 15 is 0 Å². The van der Waals surface area contributed by atoms with Gasteiger partial charge < -0.3 is 5.32 Å². The van der Waals surface area contributed by atoms with Crippen LogP contribution in [0.1, 0.15) is 29.9 Å². The second-order valence-electron chi connectivity index (χ2n) is 5.27. The Balaban J connectivity index is 1.99. The zero-order chi connectivity index (χ0) is 17.1. The van der Waals surface area contributed by atoms with Gasteiger partial charge in [-0.3, -0.25) is 14.3 Å². The minimum atomic E-state index is -2.65. The van der Waals surface area contributed by atoms with Crippen LogP contribution in [0.4, 0.5) is 13.9 Å². The van der Waals surface area contributed by atoms with Crippen LogP contribution in [0, 0.1) is 13.8 Å². The lowest BCUT2D eigenvalue weighted by molar-refractivity contribution is -0.120. The maximum Gasteiger partial charge on any atom is 0.319 e. The quantitative estimate of drug-likeness (QED) is 0.876. The molecule has 1 amide bonds. The lowest BCUT2D eigenvalue weighted by Crippen LogP contribution is -2.39. The number of hydrogen-bond donors (Lipinski definition) is 1. The zero-order valence-electron chi connectivity index (χ0n) is 13.4. The van der Waals surface area contributed by atoms with E-state index in [-0.39, 0.29) is 18.3 Å². The number of anilines is 1. The summed E-state index contributed by atoms with van der Waals surface area (Å²) in [5.41, 5.74) is 0.880. The predicted octanol–water partition coefficient (Wildman–Crippen LogP) is 2.81. The summed E-state index contributed by atoms with van der Waals surface area (Å²) >= 11 is 1.41. The van der Waals surface area contributed by atoms with Crippen molar-refractivity contribution in [2.45, 2.75) is 39.9 Å². The number of thiazole rings is 1. The molecular formula is C14H19F2N5OS. The van der Waals surface area contributed by atoms with E-state index in [4.69, 9.17) is 0 Å². The van der Waals surface area contributed by atoms with Crippen molar-refractivity contribution in [2.75, 3.05) is 12.4 Å². The molecule has 9 heteroatoms. The Hall–Kier alpha value is -1.87. The van der Waals surface area contributed by atoms with Gasteiger partial charge in [0.15, 0.2) is 5.13 Å². The molecule has 2 rings (SSSR count). The summed E-state index contributed by atoms with van der Waals surface area (Å²) in [5.74, 6) is -0.0282. The number of aromatic nitrogens is 3. The molecule has 0 saturated carbocycles. The van der Waals surface area contributed by atoms with Crippen LogP contribution in [0.5, 0.6) is 0 Å². The van der Waals surface area contributed by atoms with E-state index in [9.17, 15) is 13.6 Å². The number of carbonyl (C=O) groups excluding carboxylic acids is 1. The Labute approximate surface area is 137 Å². The third kappa shape index (κ3) is 4.11. The lowest BCUT2D eigenvalue weighted by atomic mass is 10.3. The summed E-state index contributed by atoms with van der Waals surface area (Å²) in [4.78, 5) is 23.1. The van der Waals surface area contributed by atoms with Crippen LogP contribution in [-0.4, -0.2) is 38.4 Å². The molecule has 0 fully saturated rings. The van der Waals surface area contributed by atoms with Crippen molar-refractivity contribution in [3.63, 3.8) is 0 Å². The topological polar surface area (TPSA) is 63.1 Å². The highest BCUT2D eigenvalue weighted by molar-refractivity contribution is 7.15. The molecule has 2 aromatic heterocycles. The molecule has 2 heterocycles. The standard InChI is InChI=1S/C14H19F2N5OS/c1-8-10(3)23-14(18-8)19-12(22)9(2)20(4)7-11-17-5-6-21(11)13(15)16/h5-6,9,13H,7H2,1-4H3,(H,18,19,22)/t9-/m1/s1. The minimum Gasteiger partial charge on any atom is -0.301 e. The van der Waals surface area contributed by atoms with Gasteiger partial charge in [0.2, 0.25) is 5.91 Å². The molecule has 0 aliphatic heterocycles. The monoisotopic (exact) mass is 343 g/mol. The molecule has 126 valence electrons. The fraction of sp³-hybridized carbons (Fsp3) is 0.500. The van der Waals surface area contributed by atoms with E-state index in [0.717, 1.165) is 15.1 Å². The number of hydrogen-bond acceptors (Lipinski definition) is 5. The number of carbonyl (C=O) groups is 1. The second kappa shape index (κ2) is 7.14. The number of likely N-dealkylation sites (N-methyl/N-ethyl adjacent to an activating group) is 1. The fourth-order valence-corrected chi connectivity index (χ4v) is 2.76. The number of aryl methyl sites for hydroxylation is 2. The maximum absolute atomic E-state index is 12.8. The van der Waals surface area contributed by atoms with Gasteiger partial charge in [0.1, 0.15) is 5.82 Å². The summed E-state index contributed by atoms with van der Waals surface area (Å²) in [6.07, 6.45) is 2.54. The summed E-state index contributed by atoms with van der Waals surface area (Å²) in [6, 6.07) is -0.512. The second-order valence-corrected chi connectivity index (χ2v) is 6.47. The summed E-state index contributed by atoms with van der Waals surface area (Å²) in [5, 5.41) is 3.29. The van der Waals surface area contributed by atoms with Gasteiger partial charge in [0.25, 0.3) is 0 Å². The maximum atomic E-state index is 12.8. The molecular weight excluding hydrogens is 324 g/mol. The number of rotatable bonds is 6. The van der Waals surface area contributed by atoms with E-state index < -0.39 is 12.6 Å². The van der Waals surface area contributed by atoms with E-state index in [0.29, 0.717) is 5.13 Å². The largest absolute Gasteiger partial charge is 0.319 e. The van der Waals surface area contributed by atoms with E-state index in [2.05, 4.69) is 15.3 Å². The first-order chi connectivity index (χ1) is 10.8. The average Bonchev–Trinajstić information content (AvgIpc) is 3.05. The highest BCUT2D eigenvalue weighted by Crippen LogP contribution is 2.21. The number of nitrogens with one attached hydrogen (secondary N) is 1. The molecule has 23 heavy (non-hydrogen) atoms. The van der Waals surface area contributed by atoms with Crippen molar-refractivity contribution in [3.8, 4) is 0 Å². The van der Waals surface area contributed by atoms with Crippen LogP contribution in [0.2, 0.25) is 0 Å². The number of halogens is 2. The first kappa shape index (κ1) is 17.5. The average molecular weight is 343 g/mol. The first-order valence-electron chi connectivity index (χ1n) is 7.04. The minimum absolute atomic E-state index is 0.141. The van der Waals surface area contributed by atoms with Crippen LogP contribution in [0.25, 0.3) is 0 Å². The van der Waals surface area contributed by atoms with Crippen molar-refractivity contribution in [2.24, 2.45) is 0 Å². The SMILES string of the molecule is Cc1nc(NC(=O)[C@@H](C)N(C)Cc2nccn2C(F)F)sc1C. The van der Waals surface area contributed by atoms with Crippen LogP contribution in [0.3, 0.4) is 0 Å². The molecule has 1 N–H and O–H groups in total. The molecule has 0 unspecified atom stereocenters. The molecule has 6 nitrogen and oxygen atoms in total. The van der Waals surface area contributed by atoms with Crippen molar-refractivity contribution < 1.29 is 13.6 Å². The lowest BCUT2D eigenvalue weighted by Gasteiger charge is -2.23. The van der Waals surface area contributed by atoms with Gasteiger partial charge in [-0.15, -0.1) is 11.3 Å². The number of amides is 1. The number of imidazole rings is 1. The molecule has 0 aromatic carbocycles. The molecule has 1 atom stereocenters. The highest BCUT2D eigenvalue weighted by atomic mass is 32.1. The third-order valence-corrected chi connectivity index (χ3v) is 4.64. The van der Waals surface area contributed by atoms with Gasteiger partial charge in [-0.1, -0.05) is 0 Å². The Morgan fingerprint density at radius 2 is 2.17 bits per heavy atom. The third-order valence-electron chi connectivity index (χ3n) is 3.65. The van der Waals surface area contributed by atoms with Crippen molar-refractivity contribution in [1.82, 2.24) is 19.4 Å². The van der Waals surface area contributed by atoms with Crippen LogP contribution in [0.15, 0.2) is 12.4 Å². The highest BCUT2D eigenvalue weighted by Gasteiger charge is 2.22. The van der Waals surface area contributed by atoms with Gasteiger partial charge >= 0.3 is 6.55 Å². The van der Waals surface area contributed by atoms with Crippen molar-refractivity contribution >= 4 is 22.4 Å². The summed E-state index contributed by atoms with van der Waals surface area (Å²) < 4.78 is 26.4. The molecule has 0 aliphatic carbocycles. The molecule has 0 saturated heterocycles. The molecule has 0 spiro atoms. The van der Waals surface area contributed by atoms with E-state index in [1.165, 1.54) is 23.7 Å².